The number of hydrogen-bond acceptors (Lipinski definition) is 6. The molecule has 36 heavy (non-hydrogen) atoms. The van der Waals surface area contributed by atoms with Crippen molar-refractivity contribution < 1.29 is 22.3 Å². The summed E-state index contributed by atoms with van der Waals surface area (Å²) < 4.78 is 58.8. The highest BCUT2D eigenvalue weighted by Gasteiger charge is 2.30. The van der Waals surface area contributed by atoms with Gasteiger partial charge in [0.05, 0.1) is 37.6 Å². The Kier molecular flexibility index (Phi) is 7.83. The number of anilines is 3. The third kappa shape index (κ3) is 6.17. The minimum absolute atomic E-state index is 0.0604. The molecule has 4 rings (SSSR count). The van der Waals surface area contributed by atoms with Crippen LogP contribution >= 0.6 is 0 Å². The van der Waals surface area contributed by atoms with Gasteiger partial charge in [-0.05, 0) is 54.8 Å². The molecule has 1 aliphatic rings. The first-order chi connectivity index (χ1) is 17.2. The van der Waals surface area contributed by atoms with Gasteiger partial charge in [-0.25, -0.2) is 14.4 Å². The Morgan fingerprint density at radius 1 is 1.19 bits per heavy atom. The maximum atomic E-state index is 14.5. The average Bonchev–Trinajstić information content (AvgIpc) is 2.86. The van der Waals surface area contributed by atoms with Gasteiger partial charge in [-0.1, -0.05) is 19.1 Å². The Bertz CT molecular complexity index is 1230. The van der Waals surface area contributed by atoms with Crippen LogP contribution in [0.4, 0.5) is 34.8 Å². The van der Waals surface area contributed by atoms with E-state index in [9.17, 15) is 17.6 Å². The summed E-state index contributed by atoms with van der Waals surface area (Å²) in [6, 6.07) is 10.5. The van der Waals surface area contributed by atoms with Gasteiger partial charge in [0.1, 0.15) is 0 Å². The first kappa shape index (κ1) is 25.6. The molecular formula is C26H27F4N5O. The number of benzene rings is 2. The van der Waals surface area contributed by atoms with Crippen LogP contribution in [0.5, 0.6) is 0 Å². The number of hydrogen-bond donors (Lipinski definition) is 1. The Hall–Kier alpha value is -3.53. The van der Waals surface area contributed by atoms with Gasteiger partial charge in [0.25, 0.3) is 0 Å². The molecular weight excluding hydrogens is 474 g/mol. The van der Waals surface area contributed by atoms with Crippen LogP contribution in [-0.4, -0.2) is 42.0 Å². The van der Waals surface area contributed by atoms with E-state index in [0.717, 1.165) is 29.7 Å². The van der Waals surface area contributed by atoms with Gasteiger partial charge in [-0.15, -0.1) is 0 Å². The number of aliphatic imine (C=N–C) groups is 1. The quantitative estimate of drug-likeness (QED) is 0.322. The summed E-state index contributed by atoms with van der Waals surface area (Å²) in [6.45, 7) is 5.71. The molecule has 1 aromatic heterocycles. The van der Waals surface area contributed by atoms with Crippen molar-refractivity contribution >= 4 is 23.4 Å². The van der Waals surface area contributed by atoms with Gasteiger partial charge in [0, 0.05) is 24.1 Å². The number of rotatable bonds is 7. The fourth-order valence-corrected chi connectivity index (χ4v) is 4.01. The average molecular weight is 502 g/mol. The van der Waals surface area contributed by atoms with Crippen LogP contribution in [0.2, 0.25) is 0 Å². The third-order valence-corrected chi connectivity index (χ3v) is 5.96. The molecule has 190 valence electrons. The van der Waals surface area contributed by atoms with Gasteiger partial charge in [0.15, 0.2) is 17.5 Å². The number of nitrogens with zero attached hydrogens (tertiary/aromatic N) is 4. The Morgan fingerprint density at radius 2 is 2.00 bits per heavy atom. The predicted octanol–water partition coefficient (Wildman–Crippen LogP) is 5.92. The summed E-state index contributed by atoms with van der Waals surface area (Å²) in [7, 11) is 0. The zero-order valence-electron chi connectivity index (χ0n) is 20.0. The van der Waals surface area contributed by atoms with E-state index in [4.69, 9.17) is 4.74 Å². The lowest BCUT2D eigenvalue weighted by Gasteiger charge is -2.36. The number of nitrogens with one attached hydrogen (secondary N) is 1. The zero-order valence-corrected chi connectivity index (χ0v) is 20.0. The zero-order chi connectivity index (χ0) is 25.7. The fourth-order valence-electron chi connectivity index (χ4n) is 4.01. The van der Waals surface area contributed by atoms with Gasteiger partial charge < -0.3 is 15.0 Å². The van der Waals surface area contributed by atoms with Crippen molar-refractivity contribution in [2.45, 2.75) is 39.0 Å². The minimum atomic E-state index is -4.40. The number of halogens is 4. The van der Waals surface area contributed by atoms with Crippen LogP contribution in [0.25, 0.3) is 0 Å². The molecule has 10 heteroatoms. The molecule has 1 N–H and O–H groups in total. The van der Waals surface area contributed by atoms with Crippen LogP contribution < -0.4 is 10.2 Å². The monoisotopic (exact) mass is 501 g/mol. The lowest BCUT2D eigenvalue weighted by molar-refractivity contribution is -0.137. The summed E-state index contributed by atoms with van der Waals surface area (Å²) in [5, 5.41) is 3.00. The fraction of sp³-hybridized carbons (Fsp3) is 0.346. The molecule has 1 fully saturated rings. The third-order valence-electron chi connectivity index (χ3n) is 5.96. The SMILES string of the molecule is CCC1COCCN1c1nc(CN=Cc2ccc(Nc3cccc(C(F)(F)F)c3)cc2C)ncc1F. The smallest absolute Gasteiger partial charge is 0.377 e. The van der Waals surface area contributed by atoms with E-state index in [1.54, 1.807) is 18.3 Å². The molecule has 1 saturated heterocycles. The Morgan fingerprint density at radius 3 is 2.75 bits per heavy atom. The maximum absolute atomic E-state index is 14.5. The molecule has 0 spiro atoms. The number of ether oxygens (including phenoxy) is 1. The Labute approximate surface area is 207 Å². The van der Waals surface area contributed by atoms with Gasteiger partial charge >= 0.3 is 6.18 Å². The van der Waals surface area contributed by atoms with Crippen molar-refractivity contribution in [1.29, 1.82) is 0 Å². The highest BCUT2D eigenvalue weighted by Crippen LogP contribution is 2.31. The molecule has 2 aromatic carbocycles. The Balaban J connectivity index is 1.43. The van der Waals surface area contributed by atoms with Gasteiger partial charge in [-0.3, -0.25) is 4.99 Å². The van der Waals surface area contributed by atoms with Crippen molar-refractivity contribution in [3.63, 3.8) is 0 Å². The second-order valence-corrected chi connectivity index (χ2v) is 8.53. The van der Waals surface area contributed by atoms with Crippen LogP contribution in [-0.2, 0) is 17.5 Å². The molecule has 0 amide bonds. The maximum Gasteiger partial charge on any atom is 0.416 e. The van der Waals surface area contributed by atoms with Crippen LogP contribution in [0.15, 0.2) is 53.7 Å². The molecule has 0 saturated carbocycles. The van der Waals surface area contributed by atoms with Crippen molar-refractivity contribution in [1.82, 2.24) is 9.97 Å². The molecule has 6 nitrogen and oxygen atoms in total. The standard InChI is InChI=1S/C26H27F4N5O/c1-3-22-16-36-10-9-35(22)25-23(27)14-32-24(34-25)15-31-13-18-7-8-21(11-17(18)2)33-20-6-4-5-19(12-20)26(28,29)30/h4-8,11-14,22,33H,3,9-10,15-16H2,1-2H3. The van der Waals surface area contributed by atoms with Gasteiger partial charge in [0.2, 0.25) is 0 Å². The summed E-state index contributed by atoms with van der Waals surface area (Å²) in [4.78, 5) is 14.8. The lowest BCUT2D eigenvalue weighted by atomic mass is 10.1. The first-order valence-electron chi connectivity index (χ1n) is 11.6. The van der Waals surface area contributed by atoms with Crippen molar-refractivity contribution in [3.05, 3.63) is 77.0 Å². The molecule has 1 unspecified atom stereocenters. The summed E-state index contributed by atoms with van der Waals surface area (Å²) in [6.07, 6.45) is -0.730. The van der Waals surface area contributed by atoms with Crippen LogP contribution in [0.1, 0.15) is 35.9 Å². The molecule has 1 atom stereocenters. The minimum Gasteiger partial charge on any atom is -0.377 e. The molecule has 0 aliphatic carbocycles. The van der Waals surface area contributed by atoms with E-state index in [1.165, 1.54) is 12.3 Å². The first-order valence-corrected chi connectivity index (χ1v) is 11.6. The highest BCUT2D eigenvalue weighted by atomic mass is 19.4. The largest absolute Gasteiger partial charge is 0.416 e. The molecule has 2 heterocycles. The van der Waals surface area contributed by atoms with E-state index in [1.807, 2.05) is 30.9 Å². The van der Waals surface area contributed by atoms with Crippen molar-refractivity contribution in [3.8, 4) is 0 Å². The molecule has 0 bridgehead atoms. The van der Waals surface area contributed by atoms with E-state index < -0.39 is 17.6 Å². The van der Waals surface area contributed by atoms with Crippen LogP contribution in [0, 0.1) is 12.7 Å². The lowest BCUT2D eigenvalue weighted by Crippen LogP contribution is -2.46. The van der Waals surface area contributed by atoms with Crippen molar-refractivity contribution in [2.24, 2.45) is 4.99 Å². The van der Waals surface area contributed by atoms with Crippen LogP contribution in [0.3, 0.4) is 0 Å². The number of alkyl halides is 3. The summed E-state index contributed by atoms with van der Waals surface area (Å²) in [5.74, 6) is 0.207. The topological polar surface area (TPSA) is 62.6 Å². The van der Waals surface area contributed by atoms with E-state index in [2.05, 4.69) is 20.3 Å². The highest BCUT2D eigenvalue weighted by molar-refractivity contribution is 5.83. The molecule has 3 aromatic rings. The molecule has 0 radical (unpaired) electrons. The summed E-state index contributed by atoms with van der Waals surface area (Å²) in [5.41, 5.74) is 2.02. The number of aromatic nitrogens is 2. The van der Waals surface area contributed by atoms with E-state index in [0.29, 0.717) is 37.0 Å². The van der Waals surface area contributed by atoms with Crippen molar-refractivity contribution in [2.75, 3.05) is 30.0 Å². The van der Waals surface area contributed by atoms with E-state index >= 15 is 0 Å². The van der Waals surface area contributed by atoms with E-state index in [-0.39, 0.29) is 18.4 Å². The number of aryl methyl sites for hydroxylation is 1. The normalized spacial score (nSPS) is 16.5. The summed E-state index contributed by atoms with van der Waals surface area (Å²) >= 11 is 0. The predicted molar refractivity (Wildman–Crippen MR) is 131 cm³/mol. The molecule has 1 aliphatic heterocycles. The second-order valence-electron chi connectivity index (χ2n) is 8.53. The number of morpholine rings is 1. The second kappa shape index (κ2) is 11.0. The van der Waals surface area contributed by atoms with Gasteiger partial charge in [-0.2, -0.15) is 13.2 Å².